The summed E-state index contributed by atoms with van der Waals surface area (Å²) in [6.45, 7) is 4.62. The number of nitrogens with one attached hydrogen (secondary N) is 1. The number of aromatic hydroxyl groups is 2. The van der Waals surface area contributed by atoms with E-state index in [2.05, 4.69) is 10.4 Å². The molecule has 0 amide bonds. The maximum atomic E-state index is 9.79. The lowest BCUT2D eigenvalue weighted by Gasteiger charge is -2.15. The Morgan fingerprint density at radius 1 is 1.37 bits per heavy atom. The van der Waals surface area contributed by atoms with Gasteiger partial charge < -0.3 is 15.5 Å². The van der Waals surface area contributed by atoms with E-state index < -0.39 is 0 Å². The minimum Gasteiger partial charge on any atom is -0.508 e. The first-order valence-corrected chi connectivity index (χ1v) is 6.21. The molecule has 0 saturated carbocycles. The van der Waals surface area contributed by atoms with E-state index in [0.717, 1.165) is 11.3 Å². The van der Waals surface area contributed by atoms with Crippen LogP contribution < -0.4 is 5.32 Å². The summed E-state index contributed by atoms with van der Waals surface area (Å²) in [5.41, 5.74) is 2.91. The van der Waals surface area contributed by atoms with Crippen LogP contribution in [0.1, 0.15) is 29.8 Å². The van der Waals surface area contributed by atoms with E-state index in [1.165, 1.54) is 12.1 Å². The third-order valence-corrected chi connectivity index (χ3v) is 3.41. The van der Waals surface area contributed by atoms with Gasteiger partial charge in [-0.25, -0.2) is 0 Å². The fourth-order valence-corrected chi connectivity index (χ4v) is 1.98. The quantitative estimate of drug-likeness (QED) is 0.736. The lowest BCUT2D eigenvalue weighted by molar-refractivity contribution is 0.440. The number of phenols is 2. The van der Waals surface area contributed by atoms with Crippen molar-refractivity contribution in [3.63, 3.8) is 0 Å². The van der Waals surface area contributed by atoms with Crippen LogP contribution in [0.5, 0.6) is 11.5 Å². The van der Waals surface area contributed by atoms with E-state index in [1.54, 1.807) is 6.07 Å². The number of nitrogens with zero attached hydrogens (tertiary/aromatic N) is 2. The minimum atomic E-state index is -0.0632. The van der Waals surface area contributed by atoms with Crippen LogP contribution in [0, 0.1) is 6.92 Å². The average Bonchev–Trinajstić information content (AvgIpc) is 2.70. The molecule has 19 heavy (non-hydrogen) atoms. The van der Waals surface area contributed by atoms with Crippen molar-refractivity contribution in [1.29, 1.82) is 0 Å². The summed E-state index contributed by atoms with van der Waals surface area (Å²) in [5, 5.41) is 26.8. The molecule has 1 unspecified atom stereocenters. The molecule has 3 N–H and O–H groups in total. The smallest absolute Gasteiger partial charge is 0.120 e. The van der Waals surface area contributed by atoms with Crippen LogP contribution in [0.3, 0.4) is 0 Å². The number of aromatic nitrogens is 2. The molecule has 0 fully saturated rings. The van der Waals surface area contributed by atoms with Gasteiger partial charge in [-0.1, -0.05) is 0 Å². The van der Waals surface area contributed by atoms with Gasteiger partial charge in [0.25, 0.3) is 0 Å². The number of phenolic OH excluding ortho intramolecular Hbond substituents is 2. The molecule has 5 nitrogen and oxygen atoms in total. The first kappa shape index (κ1) is 13.4. The molecule has 5 heteroatoms. The lowest BCUT2D eigenvalue weighted by Crippen LogP contribution is -2.18. The van der Waals surface area contributed by atoms with E-state index in [1.807, 2.05) is 31.8 Å². The molecule has 1 aromatic heterocycles. The zero-order valence-corrected chi connectivity index (χ0v) is 11.4. The first-order valence-electron chi connectivity index (χ1n) is 6.21. The second-order valence-corrected chi connectivity index (χ2v) is 4.72. The predicted octanol–water partition coefficient (Wildman–Crippen LogP) is 1.99. The lowest BCUT2D eigenvalue weighted by atomic mass is 10.1. The van der Waals surface area contributed by atoms with E-state index in [0.29, 0.717) is 12.1 Å². The van der Waals surface area contributed by atoms with Gasteiger partial charge in [-0.15, -0.1) is 0 Å². The molecule has 2 aromatic rings. The Kier molecular flexibility index (Phi) is 3.76. The second-order valence-electron chi connectivity index (χ2n) is 4.72. The Labute approximate surface area is 112 Å². The van der Waals surface area contributed by atoms with E-state index in [9.17, 15) is 10.2 Å². The van der Waals surface area contributed by atoms with Crippen molar-refractivity contribution in [2.75, 3.05) is 0 Å². The Morgan fingerprint density at radius 2 is 2.11 bits per heavy atom. The number of aryl methyl sites for hydroxylation is 1. The second kappa shape index (κ2) is 5.32. The van der Waals surface area contributed by atoms with Crippen molar-refractivity contribution in [2.45, 2.75) is 26.4 Å². The largest absolute Gasteiger partial charge is 0.508 e. The van der Waals surface area contributed by atoms with Crippen molar-refractivity contribution in [1.82, 2.24) is 15.1 Å². The van der Waals surface area contributed by atoms with Crippen molar-refractivity contribution in [3.8, 4) is 11.5 Å². The first-order chi connectivity index (χ1) is 8.99. The van der Waals surface area contributed by atoms with E-state index >= 15 is 0 Å². The molecule has 1 aromatic carbocycles. The van der Waals surface area contributed by atoms with Gasteiger partial charge in [-0.05, 0) is 32.0 Å². The average molecular weight is 261 g/mol. The van der Waals surface area contributed by atoms with Gasteiger partial charge in [0, 0.05) is 36.5 Å². The van der Waals surface area contributed by atoms with Gasteiger partial charge in [0.1, 0.15) is 11.5 Å². The summed E-state index contributed by atoms with van der Waals surface area (Å²) < 4.78 is 1.83. The zero-order valence-electron chi connectivity index (χ0n) is 11.4. The molecule has 0 bridgehead atoms. The molecule has 2 rings (SSSR count). The molecule has 0 radical (unpaired) electrons. The van der Waals surface area contributed by atoms with Gasteiger partial charge in [0.05, 0.1) is 6.20 Å². The standard InChI is InChI=1S/C14H19N3O2/c1-9(13-6-12(18)4-5-14(13)19)15-7-11-8-16-17(3)10(11)2/h4-6,8-9,15,18-19H,7H2,1-3H3. The summed E-state index contributed by atoms with van der Waals surface area (Å²) in [7, 11) is 1.91. The fraction of sp³-hybridized carbons (Fsp3) is 0.357. The third-order valence-electron chi connectivity index (χ3n) is 3.41. The van der Waals surface area contributed by atoms with Gasteiger partial charge in [0.15, 0.2) is 0 Å². The number of hydrogen-bond acceptors (Lipinski definition) is 4. The summed E-state index contributed by atoms with van der Waals surface area (Å²) >= 11 is 0. The summed E-state index contributed by atoms with van der Waals surface area (Å²) in [6.07, 6.45) is 1.83. The highest BCUT2D eigenvalue weighted by Crippen LogP contribution is 2.27. The van der Waals surface area contributed by atoms with Gasteiger partial charge in [0.2, 0.25) is 0 Å². The molecule has 1 heterocycles. The monoisotopic (exact) mass is 261 g/mol. The minimum absolute atomic E-state index is 0.0632. The van der Waals surface area contributed by atoms with Gasteiger partial charge >= 0.3 is 0 Å². The van der Waals surface area contributed by atoms with Crippen molar-refractivity contribution >= 4 is 0 Å². The SMILES string of the molecule is Cc1c(CNC(C)c2cc(O)ccc2O)cnn1C. The van der Waals surface area contributed by atoms with Crippen LogP contribution in [0.4, 0.5) is 0 Å². The predicted molar refractivity (Wildman–Crippen MR) is 73.0 cm³/mol. The molecule has 0 saturated heterocycles. The Morgan fingerprint density at radius 3 is 2.74 bits per heavy atom. The van der Waals surface area contributed by atoms with E-state index in [4.69, 9.17) is 0 Å². The Hall–Kier alpha value is -2.01. The highest BCUT2D eigenvalue weighted by molar-refractivity contribution is 5.40. The summed E-state index contributed by atoms with van der Waals surface area (Å²) in [4.78, 5) is 0. The Balaban J connectivity index is 2.07. The van der Waals surface area contributed by atoms with Crippen molar-refractivity contribution in [2.24, 2.45) is 7.05 Å². The number of benzene rings is 1. The molecule has 0 aliphatic heterocycles. The summed E-state index contributed by atoms with van der Waals surface area (Å²) in [5.74, 6) is 0.333. The highest BCUT2D eigenvalue weighted by Gasteiger charge is 2.12. The van der Waals surface area contributed by atoms with Crippen molar-refractivity contribution < 1.29 is 10.2 Å². The third kappa shape index (κ3) is 2.88. The van der Waals surface area contributed by atoms with Crippen LogP contribution in [-0.2, 0) is 13.6 Å². The normalized spacial score (nSPS) is 12.6. The topological polar surface area (TPSA) is 70.3 Å². The molecule has 0 aliphatic carbocycles. The number of rotatable bonds is 4. The molecule has 0 spiro atoms. The molecule has 0 aliphatic rings. The van der Waals surface area contributed by atoms with Crippen molar-refractivity contribution in [3.05, 3.63) is 41.2 Å². The fourth-order valence-electron chi connectivity index (χ4n) is 1.98. The van der Waals surface area contributed by atoms with E-state index in [-0.39, 0.29) is 17.5 Å². The molecular weight excluding hydrogens is 242 g/mol. The van der Waals surface area contributed by atoms with Crippen LogP contribution in [0.25, 0.3) is 0 Å². The molecule has 102 valence electrons. The molecule has 1 atom stereocenters. The van der Waals surface area contributed by atoms with Crippen LogP contribution >= 0.6 is 0 Å². The van der Waals surface area contributed by atoms with Crippen LogP contribution in [-0.4, -0.2) is 20.0 Å². The maximum Gasteiger partial charge on any atom is 0.120 e. The highest BCUT2D eigenvalue weighted by atomic mass is 16.3. The maximum absolute atomic E-state index is 9.79. The summed E-state index contributed by atoms with van der Waals surface area (Å²) in [6, 6.07) is 4.48. The zero-order chi connectivity index (χ0) is 14.0. The number of hydrogen-bond donors (Lipinski definition) is 3. The molecular formula is C14H19N3O2. The van der Waals surface area contributed by atoms with Crippen LogP contribution in [0.2, 0.25) is 0 Å². The van der Waals surface area contributed by atoms with Crippen LogP contribution in [0.15, 0.2) is 24.4 Å². The van der Waals surface area contributed by atoms with Gasteiger partial charge in [-0.3, -0.25) is 4.68 Å². The Bertz CT molecular complexity index is 578. The van der Waals surface area contributed by atoms with Gasteiger partial charge in [-0.2, -0.15) is 5.10 Å².